The molecule has 2 N–H and O–H groups in total. The van der Waals surface area contributed by atoms with E-state index in [1.54, 1.807) is 18.2 Å². The van der Waals surface area contributed by atoms with Crippen LogP contribution in [-0.2, 0) is 0 Å². The minimum Gasteiger partial charge on any atom is -0.493 e. The molecule has 1 aromatic heterocycles. The molecule has 0 saturated heterocycles. The molecule has 0 aliphatic carbocycles. The third-order valence-corrected chi connectivity index (χ3v) is 4.12. The van der Waals surface area contributed by atoms with Gasteiger partial charge in [0.25, 0.3) is 5.91 Å². The summed E-state index contributed by atoms with van der Waals surface area (Å²) in [5.74, 6) is 0.410. The van der Waals surface area contributed by atoms with Crippen LogP contribution in [0.3, 0.4) is 0 Å². The standard InChI is InChI=1S/C19H24ClN3O3/c1-5-9-23(6-2)14-10-12(3)22-19(17(14)18(21)24)26-15-8-7-13(20)11-16(15)25-4/h7-8,10-11H,5-6,9H2,1-4H3,(H2,21,24). The van der Waals surface area contributed by atoms with E-state index in [2.05, 4.69) is 16.8 Å². The Morgan fingerprint density at radius 2 is 2.00 bits per heavy atom. The smallest absolute Gasteiger partial charge is 0.256 e. The molecule has 2 rings (SSSR count). The van der Waals surface area contributed by atoms with Crippen LogP contribution in [0.1, 0.15) is 36.3 Å². The van der Waals surface area contributed by atoms with Crippen LogP contribution in [0.15, 0.2) is 24.3 Å². The van der Waals surface area contributed by atoms with Crippen LogP contribution in [0.2, 0.25) is 5.02 Å². The highest BCUT2D eigenvalue weighted by Crippen LogP contribution is 2.37. The van der Waals surface area contributed by atoms with Gasteiger partial charge in [0.05, 0.1) is 12.8 Å². The molecule has 1 heterocycles. The van der Waals surface area contributed by atoms with E-state index < -0.39 is 5.91 Å². The molecule has 0 atom stereocenters. The van der Waals surface area contributed by atoms with Gasteiger partial charge in [0, 0.05) is 29.9 Å². The van der Waals surface area contributed by atoms with Crippen molar-refractivity contribution in [1.29, 1.82) is 0 Å². The molecule has 7 heteroatoms. The number of aromatic nitrogens is 1. The van der Waals surface area contributed by atoms with E-state index in [0.29, 0.717) is 16.5 Å². The predicted octanol–water partition coefficient (Wildman–Crippen LogP) is 4.18. The monoisotopic (exact) mass is 377 g/mol. The van der Waals surface area contributed by atoms with E-state index in [1.165, 1.54) is 7.11 Å². The number of nitrogens with zero attached hydrogens (tertiary/aromatic N) is 2. The molecule has 2 aromatic rings. The van der Waals surface area contributed by atoms with Gasteiger partial charge in [0.2, 0.25) is 5.88 Å². The van der Waals surface area contributed by atoms with Crippen LogP contribution in [0.5, 0.6) is 17.4 Å². The molecule has 0 fully saturated rings. The molecule has 0 unspecified atom stereocenters. The minimum absolute atomic E-state index is 0.155. The van der Waals surface area contributed by atoms with Crippen molar-refractivity contribution < 1.29 is 14.3 Å². The van der Waals surface area contributed by atoms with Crippen LogP contribution in [0, 0.1) is 6.92 Å². The van der Waals surface area contributed by atoms with Gasteiger partial charge in [0.1, 0.15) is 5.56 Å². The van der Waals surface area contributed by atoms with Gasteiger partial charge in [-0.2, -0.15) is 0 Å². The fourth-order valence-electron chi connectivity index (χ4n) is 2.73. The first-order chi connectivity index (χ1) is 12.4. The van der Waals surface area contributed by atoms with Crippen molar-refractivity contribution in [1.82, 2.24) is 4.98 Å². The normalized spacial score (nSPS) is 10.5. The first-order valence-corrected chi connectivity index (χ1v) is 8.86. The Kier molecular flexibility index (Phi) is 6.69. The van der Waals surface area contributed by atoms with Crippen LogP contribution >= 0.6 is 11.6 Å². The topological polar surface area (TPSA) is 77.7 Å². The average molecular weight is 378 g/mol. The number of hydrogen-bond acceptors (Lipinski definition) is 5. The van der Waals surface area contributed by atoms with Gasteiger partial charge in [-0.15, -0.1) is 0 Å². The summed E-state index contributed by atoms with van der Waals surface area (Å²) >= 11 is 5.99. The van der Waals surface area contributed by atoms with Gasteiger partial charge in [-0.05, 0) is 38.5 Å². The zero-order chi connectivity index (χ0) is 19.3. The highest BCUT2D eigenvalue weighted by molar-refractivity contribution is 6.30. The lowest BCUT2D eigenvalue weighted by atomic mass is 10.1. The number of anilines is 1. The maximum Gasteiger partial charge on any atom is 0.256 e. The molecule has 0 radical (unpaired) electrons. The number of hydrogen-bond donors (Lipinski definition) is 1. The maximum absolute atomic E-state index is 12.2. The maximum atomic E-state index is 12.2. The molecule has 0 aliphatic rings. The Balaban J connectivity index is 2.58. The molecule has 0 bridgehead atoms. The lowest BCUT2D eigenvalue weighted by Crippen LogP contribution is -2.27. The number of carbonyl (C=O) groups excluding carboxylic acids is 1. The highest BCUT2D eigenvalue weighted by atomic mass is 35.5. The molecular formula is C19H24ClN3O3. The van der Waals surface area contributed by atoms with E-state index in [1.807, 2.05) is 19.9 Å². The quantitative estimate of drug-likeness (QED) is 0.746. The minimum atomic E-state index is -0.593. The molecule has 0 aliphatic heterocycles. The van der Waals surface area contributed by atoms with Gasteiger partial charge in [-0.25, -0.2) is 4.98 Å². The molecule has 0 saturated carbocycles. The second-order valence-electron chi connectivity index (χ2n) is 5.80. The summed E-state index contributed by atoms with van der Waals surface area (Å²) in [6.07, 6.45) is 0.939. The number of amides is 1. The fraction of sp³-hybridized carbons (Fsp3) is 0.368. The fourth-order valence-corrected chi connectivity index (χ4v) is 2.89. The second kappa shape index (κ2) is 8.76. The molecule has 26 heavy (non-hydrogen) atoms. The Morgan fingerprint density at radius 3 is 2.58 bits per heavy atom. The summed E-state index contributed by atoms with van der Waals surface area (Å²) in [6.45, 7) is 7.49. The molecule has 1 aromatic carbocycles. The van der Waals surface area contributed by atoms with Gasteiger partial charge < -0.3 is 20.1 Å². The third kappa shape index (κ3) is 4.38. The molecule has 6 nitrogen and oxygen atoms in total. The van der Waals surface area contributed by atoms with Crippen LogP contribution in [-0.4, -0.2) is 31.1 Å². The second-order valence-corrected chi connectivity index (χ2v) is 6.24. The Hall–Kier alpha value is -2.47. The summed E-state index contributed by atoms with van der Waals surface area (Å²) in [5.41, 5.74) is 7.36. The first-order valence-electron chi connectivity index (χ1n) is 8.49. The van der Waals surface area contributed by atoms with Gasteiger partial charge in [-0.3, -0.25) is 4.79 Å². The van der Waals surface area contributed by atoms with Crippen molar-refractivity contribution >= 4 is 23.2 Å². The number of halogens is 1. The van der Waals surface area contributed by atoms with Crippen LogP contribution in [0.4, 0.5) is 5.69 Å². The van der Waals surface area contributed by atoms with E-state index in [9.17, 15) is 4.79 Å². The van der Waals surface area contributed by atoms with Crippen molar-refractivity contribution in [3.8, 4) is 17.4 Å². The highest BCUT2D eigenvalue weighted by Gasteiger charge is 2.22. The number of nitrogens with two attached hydrogens (primary N) is 1. The van der Waals surface area contributed by atoms with E-state index in [4.69, 9.17) is 26.8 Å². The number of aryl methyl sites for hydroxylation is 1. The summed E-state index contributed by atoms with van der Waals surface area (Å²) in [5, 5.41) is 0.516. The Bertz CT molecular complexity index is 796. The number of carbonyl (C=O) groups is 1. The zero-order valence-corrected chi connectivity index (χ0v) is 16.3. The van der Waals surface area contributed by atoms with Gasteiger partial charge >= 0.3 is 0 Å². The van der Waals surface area contributed by atoms with Crippen molar-refractivity contribution in [2.75, 3.05) is 25.1 Å². The molecule has 1 amide bonds. The number of rotatable bonds is 8. The lowest BCUT2D eigenvalue weighted by Gasteiger charge is -2.25. The van der Waals surface area contributed by atoms with Gasteiger partial charge in [0.15, 0.2) is 11.5 Å². The summed E-state index contributed by atoms with van der Waals surface area (Å²) in [4.78, 5) is 18.7. The Morgan fingerprint density at radius 1 is 1.27 bits per heavy atom. The number of ether oxygens (including phenoxy) is 2. The number of benzene rings is 1. The largest absolute Gasteiger partial charge is 0.493 e. The first kappa shape index (κ1) is 19.8. The third-order valence-electron chi connectivity index (χ3n) is 3.89. The molecular weight excluding hydrogens is 354 g/mol. The van der Waals surface area contributed by atoms with Crippen molar-refractivity contribution in [2.45, 2.75) is 27.2 Å². The zero-order valence-electron chi connectivity index (χ0n) is 15.5. The molecule has 140 valence electrons. The van der Waals surface area contributed by atoms with E-state index >= 15 is 0 Å². The van der Waals surface area contributed by atoms with Crippen LogP contribution < -0.4 is 20.1 Å². The lowest BCUT2D eigenvalue weighted by molar-refractivity contribution is 0.0998. The summed E-state index contributed by atoms with van der Waals surface area (Å²) < 4.78 is 11.2. The van der Waals surface area contributed by atoms with Crippen molar-refractivity contribution in [3.63, 3.8) is 0 Å². The van der Waals surface area contributed by atoms with Crippen molar-refractivity contribution in [3.05, 3.63) is 40.5 Å². The molecule has 0 spiro atoms. The van der Waals surface area contributed by atoms with Gasteiger partial charge in [-0.1, -0.05) is 18.5 Å². The van der Waals surface area contributed by atoms with Crippen LogP contribution in [0.25, 0.3) is 0 Å². The van der Waals surface area contributed by atoms with E-state index in [-0.39, 0.29) is 11.4 Å². The number of methoxy groups -OCH3 is 1. The summed E-state index contributed by atoms with van der Waals surface area (Å²) in [7, 11) is 1.52. The number of pyridine rings is 1. The Labute approximate surface area is 158 Å². The van der Waals surface area contributed by atoms with Crippen molar-refractivity contribution in [2.24, 2.45) is 5.73 Å². The average Bonchev–Trinajstić information content (AvgIpc) is 2.60. The van der Waals surface area contributed by atoms with E-state index in [0.717, 1.165) is 30.9 Å². The summed E-state index contributed by atoms with van der Waals surface area (Å²) in [6, 6.07) is 6.83. The predicted molar refractivity (Wildman–Crippen MR) is 104 cm³/mol. The SMILES string of the molecule is CCCN(CC)c1cc(C)nc(Oc2ccc(Cl)cc2OC)c1C(N)=O. The number of primary amides is 1.